The second kappa shape index (κ2) is 13.3. The van der Waals surface area contributed by atoms with E-state index in [9.17, 15) is 9.59 Å². The number of carbonyl (C=O) groups is 2. The largest absolute Gasteiger partial charge is 0.481 e. The summed E-state index contributed by atoms with van der Waals surface area (Å²) in [6.45, 7) is 4.60. The molecule has 112 valence electrons. The van der Waals surface area contributed by atoms with Gasteiger partial charge in [0.1, 0.15) is 0 Å². The monoisotopic (exact) mass is 272 g/mol. The molecule has 0 saturated carbocycles. The van der Waals surface area contributed by atoms with Crippen molar-refractivity contribution >= 4 is 11.9 Å². The lowest BCUT2D eigenvalue weighted by atomic mass is 10.2. The Kier molecular flexibility index (Phi) is 12.6. The van der Waals surface area contributed by atoms with Crippen LogP contribution >= 0.6 is 0 Å². The van der Waals surface area contributed by atoms with Crippen molar-refractivity contribution in [3.63, 3.8) is 0 Å². The van der Waals surface area contributed by atoms with Crippen molar-refractivity contribution in [2.24, 2.45) is 0 Å². The van der Waals surface area contributed by atoms with Crippen molar-refractivity contribution in [1.82, 2.24) is 10.6 Å². The Labute approximate surface area is 116 Å². The van der Waals surface area contributed by atoms with E-state index in [1.807, 2.05) is 6.92 Å². The van der Waals surface area contributed by atoms with Gasteiger partial charge in [-0.15, -0.1) is 0 Å². The zero-order valence-corrected chi connectivity index (χ0v) is 12.0. The lowest BCUT2D eigenvalue weighted by molar-refractivity contribution is -0.137. The molecule has 0 aromatic heterocycles. The summed E-state index contributed by atoms with van der Waals surface area (Å²) >= 11 is 0. The number of hydrogen-bond donors (Lipinski definition) is 3. The summed E-state index contributed by atoms with van der Waals surface area (Å²) in [4.78, 5) is 21.2. The first-order valence-corrected chi connectivity index (χ1v) is 7.36. The lowest BCUT2D eigenvalue weighted by Crippen LogP contribution is -2.23. The molecule has 0 aliphatic carbocycles. The number of unbranched alkanes of at least 4 members (excludes halogenated alkanes) is 4. The van der Waals surface area contributed by atoms with Gasteiger partial charge in [-0.05, 0) is 38.8 Å². The molecule has 5 heteroatoms. The molecule has 0 heterocycles. The van der Waals surface area contributed by atoms with E-state index >= 15 is 0 Å². The van der Waals surface area contributed by atoms with E-state index in [1.165, 1.54) is 0 Å². The average Bonchev–Trinajstić information content (AvgIpc) is 2.39. The van der Waals surface area contributed by atoms with Crippen LogP contribution in [0.25, 0.3) is 0 Å². The fourth-order valence-corrected chi connectivity index (χ4v) is 1.73. The van der Waals surface area contributed by atoms with Crippen LogP contribution in [0.3, 0.4) is 0 Å². The Morgan fingerprint density at radius 3 is 2.05 bits per heavy atom. The summed E-state index contributed by atoms with van der Waals surface area (Å²) in [7, 11) is 0. The second-order valence-electron chi connectivity index (χ2n) is 4.72. The SMILES string of the molecule is CCC(=O)NCCCCCNCCCCCC(=O)O. The van der Waals surface area contributed by atoms with Gasteiger partial charge in [0.25, 0.3) is 0 Å². The van der Waals surface area contributed by atoms with E-state index < -0.39 is 5.97 Å². The number of hydrogen-bond acceptors (Lipinski definition) is 3. The molecule has 0 fully saturated rings. The normalized spacial score (nSPS) is 10.4. The quantitative estimate of drug-likeness (QED) is 0.448. The summed E-state index contributed by atoms with van der Waals surface area (Å²) in [6, 6.07) is 0. The van der Waals surface area contributed by atoms with Gasteiger partial charge >= 0.3 is 5.97 Å². The fourth-order valence-electron chi connectivity index (χ4n) is 1.73. The molecule has 0 unspecified atom stereocenters. The molecule has 3 N–H and O–H groups in total. The molecule has 0 radical (unpaired) electrons. The predicted molar refractivity (Wildman–Crippen MR) is 76.1 cm³/mol. The van der Waals surface area contributed by atoms with Gasteiger partial charge in [-0.1, -0.05) is 19.8 Å². The third kappa shape index (κ3) is 14.8. The zero-order valence-electron chi connectivity index (χ0n) is 12.0. The first-order valence-electron chi connectivity index (χ1n) is 7.36. The summed E-state index contributed by atoms with van der Waals surface area (Å²) in [6.07, 6.45) is 6.91. The Hall–Kier alpha value is -1.10. The van der Waals surface area contributed by atoms with Gasteiger partial charge in [-0.2, -0.15) is 0 Å². The molecule has 0 saturated heterocycles. The van der Waals surface area contributed by atoms with E-state index in [0.29, 0.717) is 6.42 Å². The van der Waals surface area contributed by atoms with Gasteiger partial charge in [0.05, 0.1) is 0 Å². The van der Waals surface area contributed by atoms with E-state index in [0.717, 1.165) is 58.2 Å². The Bertz CT molecular complexity index is 245. The van der Waals surface area contributed by atoms with Crippen LogP contribution < -0.4 is 10.6 Å². The van der Waals surface area contributed by atoms with E-state index in [4.69, 9.17) is 5.11 Å². The van der Waals surface area contributed by atoms with Gasteiger partial charge in [-0.3, -0.25) is 9.59 Å². The van der Waals surface area contributed by atoms with Gasteiger partial charge in [0.15, 0.2) is 0 Å². The molecule has 0 aromatic rings. The summed E-state index contributed by atoms with van der Waals surface area (Å²) < 4.78 is 0. The molecule has 1 amide bonds. The number of aliphatic carboxylic acids is 1. The van der Waals surface area contributed by atoms with E-state index in [1.54, 1.807) is 0 Å². The molecule has 0 atom stereocenters. The highest BCUT2D eigenvalue weighted by atomic mass is 16.4. The van der Waals surface area contributed by atoms with Gasteiger partial charge < -0.3 is 15.7 Å². The molecule has 0 aliphatic heterocycles. The molecule has 0 aliphatic rings. The maximum Gasteiger partial charge on any atom is 0.303 e. The molecule has 0 spiro atoms. The third-order valence-electron chi connectivity index (χ3n) is 2.92. The fraction of sp³-hybridized carbons (Fsp3) is 0.857. The van der Waals surface area contributed by atoms with Gasteiger partial charge in [0.2, 0.25) is 5.91 Å². The number of rotatable bonds is 13. The number of carbonyl (C=O) groups excluding carboxylic acids is 1. The van der Waals surface area contributed by atoms with Crippen LogP contribution in [0.15, 0.2) is 0 Å². The Morgan fingerprint density at radius 1 is 0.895 bits per heavy atom. The maximum atomic E-state index is 11.0. The van der Waals surface area contributed by atoms with Crippen LogP contribution in [0.2, 0.25) is 0 Å². The van der Waals surface area contributed by atoms with Crippen molar-refractivity contribution in [3.05, 3.63) is 0 Å². The molecular weight excluding hydrogens is 244 g/mol. The highest BCUT2D eigenvalue weighted by Crippen LogP contribution is 1.99. The van der Waals surface area contributed by atoms with Crippen LogP contribution in [-0.2, 0) is 9.59 Å². The number of nitrogens with one attached hydrogen (secondary N) is 2. The molecule has 19 heavy (non-hydrogen) atoms. The number of carboxylic acid groups (broad SMARTS) is 1. The minimum Gasteiger partial charge on any atom is -0.481 e. The molecule has 0 bridgehead atoms. The number of carboxylic acids is 1. The summed E-state index contributed by atoms with van der Waals surface area (Å²) in [5.41, 5.74) is 0. The predicted octanol–water partition coefficient (Wildman–Crippen LogP) is 1.92. The van der Waals surface area contributed by atoms with E-state index in [2.05, 4.69) is 10.6 Å². The first kappa shape index (κ1) is 17.9. The molecule has 0 rings (SSSR count). The standard InChI is InChI=1S/C14H28N2O3/c1-2-13(17)16-12-8-4-7-11-15-10-6-3-5-9-14(18)19/h15H,2-12H2,1H3,(H,16,17)(H,18,19). The van der Waals surface area contributed by atoms with Crippen LogP contribution in [0.5, 0.6) is 0 Å². The Balaban J connectivity index is 3.03. The van der Waals surface area contributed by atoms with Crippen molar-refractivity contribution in [2.45, 2.75) is 58.3 Å². The van der Waals surface area contributed by atoms with Crippen molar-refractivity contribution in [2.75, 3.05) is 19.6 Å². The van der Waals surface area contributed by atoms with Crippen LogP contribution in [0, 0.1) is 0 Å². The molecule has 0 aromatic carbocycles. The Morgan fingerprint density at radius 2 is 1.47 bits per heavy atom. The number of amides is 1. The lowest BCUT2D eigenvalue weighted by Gasteiger charge is -2.05. The van der Waals surface area contributed by atoms with Gasteiger partial charge in [0, 0.05) is 19.4 Å². The minimum absolute atomic E-state index is 0.125. The summed E-state index contributed by atoms with van der Waals surface area (Å²) in [5, 5.41) is 14.7. The highest BCUT2D eigenvalue weighted by molar-refractivity contribution is 5.75. The van der Waals surface area contributed by atoms with Crippen LogP contribution in [-0.4, -0.2) is 36.6 Å². The topological polar surface area (TPSA) is 78.4 Å². The maximum absolute atomic E-state index is 11.0. The molecular formula is C14H28N2O3. The minimum atomic E-state index is -0.705. The van der Waals surface area contributed by atoms with Crippen molar-refractivity contribution < 1.29 is 14.7 Å². The van der Waals surface area contributed by atoms with Crippen molar-refractivity contribution in [1.29, 1.82) is 0 Å². The van der Waals surface area contributed by atoms with E-state index in [-0.39, 0.29) is 12.3 Å². The molecule has 5 nitrogen and oxygen atoms in total. The second-order valence-corrected chi connectivity index (χ2v) is 4.72. The van der Waals surface area contributed by atoms with Crippen LogP contribution in [0.1, 0.15) is 58.3 Å². The first-order chi connectivity index (χ1) is 9.16. The third-order valence-corrected chi connectivity index (χ3v) is 2.92. The zero-order chi connectivity index (χ0) is 14.3. The summed E-state index contributed by atoms with van der Waals surface area (Å²) in [5.74, 6) is -0.581. The van der Waals surface area contributed by atoms with Gasteiger partial charge in [-0.25, -0.2) is 0 Å². The smallest absolute Gasteiger partial charge is 0.303 e. The average molecular weight is 272 g/mol. The van der Waals surface area contributed by atoms with Crippen LogP contribution in [0.4, 0.5) is 0 Å². The van der Waals surface area contributed by atoms with Crippen molar-refractivity contribution in [3.8, 4) is 0 Å². The highest BCUT2D eigenvalue weighted by Gasteiger charge is 1.97.